The molecule has 0 bridgehead atoms. The molecular formula is C17H26N2O. The van der Waals surface area contributed by atoms with Crippen LogP contribution >= 0.6 is 0 Å². The van der Waals surface area contributed by atoms with Gasteiger partial charge in [0.15, 0.2) is 0 Å². The van der Waals surface area contributed by atoms with Crippen LogP contribution in [0.2, 0.25) is 0 Å². The van der Waals surface area contributed by atoms with E-state index in [-0.39, 0.29) is 0 Å². The Morgan fingerprint density at radius 1 is 1.15 bits per heavy atom. The highest BCUT2D eigenvalue weighted by Gasteiger charge is 2.00. The summed E-state index contributed by atoms with van der Waals surface area (Å²) in [5.74, 6) is 6.69. The minimum Gasteiger partial charge on any atom is -0.379 e. The summed E-state index contributed by atoms with van der Waals surface area (Å²) in [6.07, 6.45) is 11.8. The first-order valence-electron chi connectivity index (χ1n) is 7.70. The average molecular weight is 274 g/mol. The lowest BCUT2D eigenvalue weighted by Crippen LogP contribution is -2.09. The molecule has 110 valence electrons. The number of hydrogen-bond donors (Lipinski definition) is 0. The Morgan fingerprint density at radius 3 is 2.70 bits per heavy atom. The van der Waals surface area contributed by atoms with Gasteiger partial charge in [-0.1, -0.05) is 32.1 Å². The smallest absolute Gasteiger partial charge is 0.204 e. The van der Waals surface area contributed by atoms with Crippen LogP contribution in [0.1, 0.15) is 64.6 Å². The maximum atomic E-state index is 5.78. The lowest BCUT2D eigenvalue weighted by Gasteiger charge is -2.11. The van der Waals surface area contributed by atoms with Crippen molar-refractivity contribution >= 4 is 0 Å². The minimum atomic E-state index is 0.339. The summed E-state index contributed by atoms with van der Waals surface area (Å²) >= 11 is 0. The molecule has 0 aliphatic carbocycles. The molecule has 0 saturated carbocycles. The fourth-order valence-electron chi connectivity index (χ4n) is 1.88. The Balaban J connectivity index is 2.02. The average Bonchev–Trinajstić information content (AvgIpc) is 2.48. The molecule has 0 fully saturated rings. The van der Waals surface area contributed by atoms with Crippen molar-refractivity contribution in [3.63, 3.8) is 0 Å². The number of ether oxygens (including phenoxy) is 1. The van der Waals surface area contributed by atoms with E-state index < -0.39 is 0 Å². The topological polar surface area (TPSA) is 35.0 Å². The molecule has 0 N–H and O–H groups in total. The van der Waals surface area contributed by atoms with E-state index in [1.165, 1.54) is 25.7 Å². The van der Waals surface area contributed by atoms with Crippen LogP contribution in [0.3, 0.4) is 0 Å². The van der Waals surface area contributed by atoms with Gasteiger partial charge in [0.1, 0.15) is 0 Å². The van der Waals surface area contributed by atoms with Crippen molar-refractivity contribution in [3.05, 3.63) is 24.3 Å². The Kier molecular flexibility index (Phi) is 9.52. The van der Waals surface area contributed by atoms with Gasteiger partial charge in [-0.3, -0.25) is 0 Å². The summed E-state index contributed by atoms with van der Waals surface area (Å²) in [4.78, 5) is 8.13. The highest BCUT2D eigenvalue weighted by molar-refractivity contribution is 5.19. The number of hydrogen-bond acceptors (Lipinski definition) is 3. The zero-order valence-electron chi connectivity index (χ0n) is 12.8. The monoisotopic (exact) mass is 274 g/mol. The molecule has 3 heteroatoms. The third kappa shape index (κ3) is 8.66. The SMILES string of the molecule is CCCCCCOC(C)CCCC#Cc1ncccn1. The Labute approximate surface area is 123 Å². The molecule has 3 nitrogen and oxygen atoms in total. The van der Waals surface area contributed by atoms with Crippen LogP contribution < -0.4 is 0 Å². The summed E-state index contributed by atoms with van der Waals surface area (Å²) in [6, 6.07) is 1.80. The lowest BCUT2D eigenvalue weighted by atomic mass is 10.1. The molecule has 0 radical (unpaired) electrons. The second-order valence-corrected chi connectivity index (χ2v) is 5.01. The normalized spacial score (nSPS) is 11.7. The summed E-state index contributed by atoms with van der Waals surface area (Å²) < 4.78 is 5.78. The van der Waals surface area contributed by atoms with Gasteiger partial charge in [-0.25, -0.2) is 9.97 Å². The number of aromatic nitrogens is 2. The van der Waals surface area contributed by atoms with Crippen molar-refractivity contribution in [2.45, 2.75) is 64.9 Å². The van der Waals surface area contributed by atoms with Crippen LogP contribution in [0.5, 0.6) is 0 Å². The summed E-state index contributed by atoms with van der Waals surface area (Å²) in [7, 11) is 0. The summed E-state index contributed by atoms with van der Waals surface area (Å²) in [5.41, 5.74) is 0. The Morgan fingerprint density at radius 2 is 1.95 bits per heavy atom. The Hall–Kier alpha value is -1.40. The molecule has 1 rings (SSSR count). The molecule has 1 heterocycles. The molecule has 0 saturated heterocycles. The van der Waals surface area contributed by atoms with Gasteiger partial charge < -0.3 is 4.74 Å². The van der Waals surface area contributed by atoms with Gasteiger partial charge in [0.2, 0.25) is 5.82 Å². The van der Waals surface area contributed by atoms with E-state index in [0.717, 1.165) is 25.9 Å². The maximum Gasteiger partial charge on any atom is 0.204 e. The van der Waals surface area contributed by atoms with Crippen LogP contribution in [-0.4, -0.2) is 22.7 Å². The minimum absolute atomic E-state index is 0.339. The number of unbranched alkanes of at least 4 members (excludes halogenated alkanes) is 4. The van der Waals surface area contributed by atoms with E-state index in [9.17, 15) is 0 Å². The van der Waals surface area contributed by atoms with Crippen LogP contribution in [0, 0.1) is 11.8 Å². The van der Waals surface area contributed by atoms with Gasteiger partial charge in [-0.2, -0.15) is 0 Å². The van der Waals surface area contributed by atoms with Crippen molar-refractivity contribution in [1.82, 2.24) is 9.97 Å². The molecule has 1 unspecified atom stereocenters. The first kappa shape index (κ1) is 16.7. The first-order valence-corrected chi connectivity index (χ1v) is 7.70. The van der Waals surface area contributed by atoms with Crippen LogP contribution in [-0.2, 0) is 4.74 Å². The van der Waals surface area contributed by atoms with Crippen LogP contribution in [0.25, 0.3) is 0 Å². The predicted octanol–water partition coefficient (Wildman–Crippen LogP) is 3.98. The van der Waals surface area contributed by atoms with E-state index >= 15 is 0 Å². The zero-order chi connectivity index (χ0) is 14.5. The van der Waals surface area contributed by atoms with Crippen molar-refractivity contribution in [2.24, 2.45) is 0 Å². The van der Waals surface area contributed by atoms with E-state index in [1.807, 2.05) is 0 Å². The molecule has 0 aliphatic heterocycles. The van der Waals surface area contributed by atoms with Crippen LogP contribution in [0.15, 0.2) is 18.5 Å². The van der Waals surface area contributed by atoms with Gasteiger partial charge in [0, 0.05) is 25.4 Å². The predicted molar refractivity (Wildman–Crippen MR) is 82.3 cm³/mol. The lowest BCUT2D eigenvalue weighted by molar-refractivity contribution is 0.0565. The van der Waals surface area contributed by atoms with Gasteiger partial charge >= 0.3 is 0 Å². The molecule has 0 amide bonds. The van der Waals surface area contributed by atoms with E-state index in [4.69, 9.17) is 4.74 Å². The van der Waals surface area contributed by atoms with E-state index in [2.05, 4.69) is 35.7 Å². The summed E-state index contributed by atoms with van der Waals surface area (Å²) in [5, 5.41) is 0. The molecule has 1 aromatic rings. The van der Waals surface area contributed by atoms with E-state index in [1.54, 1.807) is 18.5 Å². The number of nitrogens with zero attached hydrogens (tertiary/aromatic N) is 2. The van der Waals surface area contributed by atoms with Gasteiger partial charge in [-0.15, -0.1) is 0 Å². The number of rotatable bonds is 9. The van der Waals surface area contributed by atoms with Crippen molar-refractivity contribution in [1.29, 1.82) is 0 Å². The molecule has 0 aromatic carbocycles. The summed E-state index contributed by atoms with van der Waals surface area (Å²) in [6.45, 7) is 5.27. The Bertz CT molecular complexity index is 394. The standard InChI is InChI=1S/C17H26N2O/c1-3-4-5-9-15-20-16(2)11-7-6-8-12-17-18-13-10-14-19-17/h10,13-14,16H,3-7,9,11,15H2,1-2H3. The first-order chi connectivity index (χ1) is 9.83. The second-order valence-electron chi connectivity index (χ2n) is 5.01. The molecule has 1 aromatic heterocycles. The second kappa shape index (κ2) is 11.4. The quantitative estimate of drug-likeness (QED) is 0.504. The third-order valence-electron chi connectivity index (χ3n) is 3.08. The van der Waals surface area contributed by atoms with E-state index in [0.29, 0.717) is 11.9 Å². The largest absolute Gasteiger partial charge is 0.379 e. The van der Waals surface area contributed by atoms with Gasteiger partial charge in [0.25, 0.3) is 0 Å². The van der Waals surface area contributed by atoms with Gasteiger partial charge in [-0.05, 0) is 38.2 Å². The fraction of sp³-hybridized carbons (Fsp3) is 0.647. The molecule has 1 atom stereocenters. The van der Waals surface area contributed by atoms with Crippen LogP contribution in [0.4, 0.5) is 0 Å². The van der Waals surface area contributed by atoms with Gasteiger partial charge in [0.05, 0.1) is 6.10 Å². The molecule has 0 aliphatic rings. The highest BCUT2D eigenvalue weighted by Crippen LogP contribution is 2.06. The molecule has 20 heavy (non-hydrogen) atoms. The maximum absolute atomic E-state index is 5.78. The fourth-order valence-corrected chi connectivity index (χ4v) is 1.88. The molecular weight excluding hydrogens is 248 g/mol. The third-order valence-corrected chi connectivity index (χ3v) is 3.08. The van der Waals surface area contributed by atoms with Crippen molar-refractivity contribution in [3.8, 4) is 11.8 Å². The van der Waals surface area contributed by atoms with Crippen molar-refractivity contribution in [2.75, 3.05) is 6.61 Å². The van der Waals surface area contributed by atoms with Crippen molar-refractivity contribution < 1.29 is 4.74 Å². The molecule has 0 spiro atoms. The zero-order valence-corrected chi connectivity index (χ0v) is 12.8. The highest BCUT2D eigenvalue weighted by atomic mass is 16.5.